The monoisotopic (exact) mass is 318 g/mol. The summed E-state index contributed by atoms with van der Waals surface area (Å²) in [7, 11) is 0. The lowest BCUT2D eigenvalue weighted by molar-refractivity contribution is 1.09. The average molecular weight is 318 g/mol. The molecule has 0 amide bonds. The normalized spacial score (nSPS) is 15.2. The van der Waals surface area contributed by atoms with Crippen LogP contribution >= 0.6 is 0 Å². The van der Waals surface area contributed by atoms with Gasteiger partial charge in [-0.05, 0) is 37.9 Å². The third-order valence-corrected chi connectivity index (χ3v) is 5.06. The molecule has 1 aliphatic rings. The summed E-state index contributed by atoms with van der Waals surface area (Å²) in [6.45, 7) is 0. The second kappa shape index (κ2) is 5.75. The first-order valence-corrected chi connectivity index (χ1v) is 8.76. The molecule has 5 rings (SSSR count). The fraction of sp³-hybridized carbons (Fsp3) is 0.0400. The molecule has 0 unspecified atom stereocenters. The van der Waals surface area contributed by atoms with Crippen molar-refractivity contribution in [1.29, 1.82) is 0 Å². The standard InChI is InChI=1S/C25H18/c1-2-7-18(6-1)8-3-4-9-19-12-13-22-15-14-20-10-5-11-21-16-17-23(19)25(22)24(20)21/h1-18H/b8-3+,9-4+. The van der Waals surface area contributed by atoms with Gasteiger partial charge in [-0.15, -0.1) is 0 Å². The Bertz CT molecular complexity index is 1160. The molecule has 0 fully saturated rings. The van der Waals surface area contributed by atoms with Gasteiger partial charge >= 0.3 is 0 Å². The summed E-state index contributed by atoms with van der Waals surface area (Å²) >= 11 is 0. The van der Waals surface area contributed by atoms with Crippen molar-refractivity contribution in [3.05, 3.63) is 103 Å². The molecular weight excluding hydrogens is 300 g/mol. The van der Waals surface area contributed by atoms with Crippen LogP contribution in [0.1, 0.15) is 5.56 Å². The van der Waals surface area contributed by atoms with Gasteiger partial charge < -0.3 is 0 Å². The minimum Gasteiger partial charge on any atom is -0.0738 e. The van der Waals surface area contributed by atoms with Crippen LogP contribution in [0.5, 0.6) is 0 Å². The maximum atomic E-state index is 2.26. The number of allylic oxidation sites excluding steroid dienone is 7. The Morgan fingerprint density at radius 1 is 0.640 bits per heavy atom. The van der Waals surface area contributed by atoms with E-state index in [1.165, 1.54) is 37.9 Å². The van der Waals surface area contributed by atoms with Gasteiger partial charge in [-0.2, -0.15) is 0 Å². The van der Waals surface area contributed by atoms with E-state index < -0.39 is 0 Å². The minimum atomic E-state index is 0.436. The van der Waals surface area contributed by atoms with Gasteiger partial charge in [0.05, 0.1) is 0 Å². The molecule has 0 saturated heterocycles. The van der Waals surface area contributed by atoms with Crippen LogP contribution in [0.4, 0.5) is 0 Å². The molecule has 4 aromatic carbocycles. The van der Waals surface area contributed by atoms with Crippen molar-refractivity contribution in [3.63, 3.8) is 0 Å². The van der Waals surface area contributed by atoms with E-state index in [1.807, 2.05) is 0 Å². The third kappa shape index (κ3) is 2.38. The lowest BCUT2D eigenvalue weighted by Crippen LogP contribution is -1.85. The fourth-order valence-electron chi connectivity index (χ4n) is 3.83. The van der Waals surface area contributed by atoms with Gasteiger partial charge in [-0.3, -0.25) is 0 Å². The van der Waals surface area contributed by atoms with Crippen molar-refractivity contribution in [2.75, 3.05) is 0 Å². The van der Waals surface area contributed by atoms with Crippen molar-refractivity contribution in [1.82, 2.24) is 0 Å². The van der Waals surface area contributed by atoms with Gasteiger partial charge in [0, 0.05) is 5.92 Å². The highest BCUT2D eigenvalue weighted by Gasteiger charge is 2.09. The van der Waals surface area contributed by atoms with Crippen molar-refractivity contribution in [3.8, 4) is 0 Å². The Kier molecular flexibility index (Phi) is 3.28. The zero-order valence-corrected chi connectivity index (χ0v) is 13.9. The molecule has 118 valence electrons. The summed E-state index contributed by atoms with van der Waals surface area (Å²) in [6.07, 6.45) is 17.3. The quantitative estimate of drug-likeness (QED) is 0.285. The van der Waals surface area contributed by atoms with E-state index in [9.17, 15) is 0 Å². The van der Waals surface area contributed by atoms with Crippen LogP contribution in [0.2, 0.25) is 0 Å². The number of rotatable bonds is 3. The first kappa shape index (κ1) is 14.2. The zero-order valence-electron chi connectivity index (χ0n) is 13.9. The van der Waals surface area contributed by atoms with E-state index in [4.69, 9.17) is 0 Å². The molecule has 1 aliphatic carbocycles. The molecule has 0 radical (unpaired) electrons. The molecule has 4 aromatic rings. The summed E-state index contributed by atoms with van der Waals surface area (Å²) < 4.78 is 0. The van der Waals surface area contributed by atoms with Crippen molar-refractivity contribution in [2.45, 2.75) is 0 Å². The molecule has 0 heteroatoms. The predicted molar refractivity (Wildman–Crippen MR) is 110 cm³/mol. The topological polar surface area (TPSA) is 0 Å². The Hall–Kier alpha value is -3.12. The third-order valence-electron chi connectivity index (χ3n) is 5.06. The highest BCUT2D eigenvalue weighted by molar-refractivity contribution is 6.24. The largest absolute Gasteiger partial charge is 0.0738 e. The summed E-state index contributed by atoms with van der Waals surface area (Å²) in [4.78, 5) is 0. The number of hydrogen-bond acceptors (Lipinski definition) is 0. The van der Waals surface area contributed by atoms with Crippen molar-refractivity contribution in [2.24, 2.45) is 5.92 Å². The fourth-order valence-corrected chi connectivity index (χ4v) is 3.83. The first-order valence-electron chi connectivity index (χ1n) is 8.76. The van der Waals surface area contributed by atoms with Gasteiger partial charge in [0.15, 0.2) is 0 Å². The molecule has 0 spiro atoms. The van der Waals surface area contributed by atoms with E-state index in [2.05, 4.69) is 103 Å². The summed E-state index contributed by atoms with van der Waals surface area (Å²) in [5.41, 5.74) is 1.27. The smallest absolute Gasteiger partial charge is 0.0136 e. The Labute approximate surface area is 147 Å². The van der Waals surface area contributed by atoms with E-state index in [0.717, 1.165) is 0 Å². The Morgan fingerprint density at radius 3 is 2.12 bits per heavy atom. The molecule has 0 aromatic heterocycles. The maximum absolute atomic E-state index is 2.26. The van der Waals surface area contributed by atoms with Crippen LogP contribution in [-0.2, 0) is 0 Å². The van der Waals surface area contributed by atoms with Crippen LogP contribution in [0.15, 0.2) is 97.1 Å². The van der Waals surface area contributed by atoms with Crippen LogP contribution in [-0.4, -0.2) is 0 Å². The summed E-state index contributed by atoms with van der Waals surface area (Å²) in [6, 6.07) is 20.0. The van der Waals surface area contributed by atoms with Gasteiger partial charge in [-0.25, -0.2) is 0 Å². The molecule has 0 saturated carbocycles. The SMILES string of the molecule is C1=CC(/C=C/C=C/c2ccc3ccc4cccc5ccc2c3c45)C=C1. The van der Waals surface area contributed by atoms with Gasteiger partial charge in [-0.1, -0.05) is 103 Å². The van der Waals surface area contributed by atoms with Gasteiger partial charge in [0.25, 0.3) is 0 Å². The molecule has 25 heavy (non-hydrogen) atoms. The first-order chi connectivity index (χ1) is 12.4. The van der Waals surface area contributed by atoms with Crippen LogP contribution in [0.25, 0.3) is 38.4 Å². The highest BCUT2D eigenvalue weighted by Crippen LogP contribution is 2.36. The van der Waals surface area contributed by atoms with E-state index in [1.54, 1.807) is 0 Å². The molecule has 0 heterocycles. The van der Waals surface area contributed by atoms with Crippen LogP contribution < -0.4 is 0 Å². The number of hydrogen-bond donors (Lipinski definition) is 0. The van der Waals surface area contributed by atoms with Crippen LogP contribution in [0, 0.1) is 5.92 Å². The molecular formula is C25H18. The summed E-state index contributed by atoms with van der Waals surface area (Å²) in [5.74, 6) is 0.436. The van der Waals surface area contributed by atoms with Crippen molar-refractivity contribution < 1.29 is 0 Å². The van der Waals surface area contributed by atoms with E-state index >= 15 is 0 Å². The molecule has 0 aliphatic heterocycles. The number of benzene rings is 4. The molecule has 0 atom stereocenters. The zero-order chi connectivity index (χ0) is 16.6. The average Bonchev–Trinajstić information content (AvgIpc) is 3.17. The van der Waals surface area contributed by atoms with E-state index in [-0.39, 0.29) is 0 Å². The second-order valence-corrected chi connectivity index (χ2v) is 6.60. The minimum absolute atomic E-state index is 0.436. The molecule has 0 nitrogen and oxygen atoms in total. The lowest BCUT2D eigenvalue weighted by atomic mass is 9.92. The summed E-state index contributed by atoms with van der Waals surface area (Å²) in [5, 5.41) is 8.03. The van der Waals surface area contributed by atoms with Gasteiger partial charge in [0.1, 0.15) is 0 Å². The second-order valence-electron chi connectivity index (χ2n) is 6.60. The Balaban J connectivity index is 1.63. The Morgan fingerprint density at radius 2 is 1.32 bits per heavy atom. The van der Waals surface area contributed by atoms with Crippen LogP contribution in [0.3, 0.4) is 0 Å². The molecule has 0 N–H and O–H groups in total. The van der Waals surface area contributed by atoms with Gasteiger partial charge in [0.2, 0.25) is 0 Å². The highest BCUT2D eigenvalue weighted by atomic mass is 14.1. The van der Waals surface area contributed by atoms with E-state index in [0.29, 0.717) is 5.92 Å². The van der Waals surface area contributed by atoms with Crippen molar-refractivity contribution >= 4 is 38.4 Å². The lowest BCUT2D eigenvalue weighted by Gasteiger charge is -2.12. The maximum Gasteiger partial charge on any atom is 0.0136 e. The predicted octanol–water partition coefficient (Wildman–Crippen LogP) is 6.90. The molecule has 0 bridgehead atoms.